The highest BCUT2D eigenvalue weighted by Crippen LogP contribution is 2.22. The number of nitrogens with one attached hydrogen (secondary N) is 1. The molecule has 27 heavy (non-hydrogen) atoms. The van der Waals surface area contributed by atoms with Crippen molar-refractivity contribution in [3.05, 3.63) is 63.5 Å². The van der Waals surface area contributed by atoms with Gasteiger partial charge in [0.2, 0.25) is 4.96 Å². The van der Waals surface area contributed by atoms with E-state index < -0.39 is 9.84 Å². The second kappa shape index (κ2) is 7.61. The first-order valence-electron chi connectivity index (χ1n) is 8.41. The summed E-state index contributed by atoms with van der Waals surface area (Å²) in [6, 6.07) is 6.37. The third-order valence-corrected chi connectivity index (χ3v) is 6.71. The number of aromatic nitrogens is 3. The van der Waals surface area contributed by atoms with Gasteiger partial charge in [-0.2, -0.15) is 9.61 Å². The number of aryl methyl sites for hydroxylation is 2. The second-order valence-electron chi connectivity index (χ2n) is 6.03. The number of hydrogen-bond acceptors (Lipinski definition) is 7. The largest absolute Gasteiger partial charge is 0.379 e. The molecule has 3 aromatic rings. The summed E-state index contributed by atoms with van der Waals surface area (Å²) in [5.74, 6) is -0.115. The third kappa shape index (κ3) is 4.09. The summed E-state index contributed by atoms with van der Waals surface area (Å²) in [6.45, 7) is 7.65. The van der Waals surface area contributed by atoms with Gasteiger partial charge in [-0.1, -0.05) is 30.4 Å². The van der Waals surface area contributed by atoms with Crippen molar-refractivity contribution in [1.29, 1.82) is 0 Å². The number of nitrogens with zero attached hydrogens (tertiary/aromatic N) is 3. The Kier molecular flexibility index (Phi) is 5.43. The van der Waals surface area contributed by atoms with E-state index >= 15 is 0 Å². The maximum atomic E-state index is 12.2. The first kappa shape index (κ1) is 19.2. The lowest BCUT2D eigenvalue weighted by molar-refractivity contribution is 0.599. The Labute approximate surface area is 161 Å². The zero-order valence-electron chi connectivity index (χ0n) is 15.1. The zero-order chi connectivity index (χ0) is 19.6. The lowest BCUT2D eigenvalue weighted by Gasteiger charge is -2.11. The monoisotopic (exact) mass is 404 g/mol. The van der Waals surface area contributed by atoms with E-state index in [0.717, 1.165) is 17.0 Å². The van der Waals surface area contributed by atoms with Crippen LogP contribution in [0, 0.1) is 6.92 Å². The first-order chi connectivity index (χ1) is 12.8. The fourth-order valence-electron chi connectivity index (χ4n) is 2.55. The van der Waals surface area contributed by atoms with E-state index in [-0.39, 0.29) is 16.2 Å². The van der Waals surface area contributed by atoms with E-state index in [1.165, 1.54) is 28.0 Å². The highest BCUT2D eigenvalue weighted by molar-refractivity contribution is 7.91. The van der Waals surface area contributed by atoms with Crippen LogP contribution in [-0.2, 0) is 22.8 Å². The molecule has 1 aromatic carbocycles. The fraction of sp³-hybridized carbons (Fsp3) is 0.278. The standard InChI is InChI=1S/C18H20N4O3S2/c1-4-8-27(24,25)14-7-6-12(3)15(10-14)19-11-13-9-17(23)22-18(20-13)26-16(5-2)21-22/h4,6-7,9-10,19H,1,5,8,11H2,2-3H3. The summed E-state index contributed by atoms with van der Waals surface area (Å²) in [7, 11) is -3.40. The van der Waals surface area contributed by atoms with Crippen LogP contribution in [0.4, 0.5) is 5.69 Å². The highest BCUT2D eigenvalue weighted by atomic mass is 32.2. The van der Waals surface area contributed by atoms with Gasteiger partial charge in [0.05, 0.1) is 22.9 Å². The number of sulfone groups is 1. The number of fused-ring (bicyclic) bond motifs is 1. The minimum atomic E-state index is -3.40. The molecule has 0 atom stereocenters. The average Bonchev–Trinajstić information content (AvgIpc) is 3.04. The molecule has 0 radical (unpaired) electrons. The molecule has 7 nitrogen and oxygen atoms in total. The molecule has 0 saturated heterocycles. The van der Waals surface area contributed by atoms with Crippen molar-refractivity contribution in [2.24, 2.45) is 0 Å². The van der Waals surface area contributed by atoms with Gasteiger partial charge in [-0.25, -0.2) is 13.4 Å². The summed E-state index contributed by atoms with van der Waals surface area (Å²) in [4.78, 5) is 17.5. The Morgan fingerprint density at radius 2 is 2.11 bits per heavy atom. The zero-order valence-corrected chi connectivity index (χ0v) is 16.7. The van der Waals surface area contributed by atoms with Crippen molar-refractivity contribution in [3.8, 4) is 0 Å². The molecule has 0 aliphatic heterocycles. The molecule has 0 spiro atoms. The van der Waals surface area contributed by atoms with Crippen LogP contribution in [0.3, 0.4) is 0 Å². The number of rotatable bonds is 7. The van der Waals surface area contributed by atoms with E-state index in [1.54, 1.807) is 18.2 Å². The molecule has 1 N–H and O–H groups in total. The van der Waals surface area contributed by atoms with Gasteiger partial charge >= 0.3 is 0 Å². The minimum Gasteiger partial charge on any atom is -0.379 e. The average molecular weight is 405 g/mol. The predicted octanol–water partition coefficient (Wildman–Crippen LogP) is 2.59. The number of hydrogen-bond donors (Lipinski definition) is 1. The summed E-state index contributed by atoms with van der Waals surface area (Å²) in [5, 5.41) is 8.25. The number of benzene rings is 1. The normalized spacial score (nSPS) is 11.6. The van der Waals surface area contributed by atoms with Crippen LogP contribution >= 0.6 is 11.3 Å². The Bertz CT molecular complexity index is 1160. The maximum Gasteiger partial charge on any atom is 0.275 e. The van der Waals surface area contributed by atoms with Gasteiger partial charge in [-0.3, -0.25) is 4.79 Å². The molecule has 0 bridgehead atoms. The highest BCUT2D eigenvalue weighted by Gasteiger charge is 2.14. The van der Waals surface area contributed by atoms with E-state index in [2.05, 4.69) is 22.0 Å². The van der Waals surface area contributed by atoms with Gasteiger partial charge in [0.1, 0.15) is 5.01 Å². The van der Waals surface area contributed by atoms with Gasteiger partial charge in [0.15, 0.2) is 9.84 Å². The fourth-order valence-corrected chi connectivity index (χ4v) is 4.48. The minimum absolute atomic E-state index is 0.115. The van der Waals surface area contributed by atoms with Crippen LogP contribution in [0.5, 0.6) is 0 Å². The van der Waals surface area contributed by atoms with E-state index in [1.807, 2.05) is 13.8 Å². The van der Waals surface area contributed by atoms with Gasteiger partial charge in [-0.15, -0.1) is 6.58 Å². The second-order valence-corrected chi connectivity index (χ2v) is 9.10. The summed E-state index contributed by atoms with van der Waals surface area (Å²) in [5.41, 5.74) is 1.92. The van der Waals surface area contributed by atoms with Crippen LogP contribution in [0.1, 0.15) is 23.2 Å². The summed E-state index contributed by atoms with van der Waals surface area (Å²) >= 11 is 1.39. The van der Waals surface area contributed by atoms with Crippen LogP contribution in [0.25, 0.3) is 4.96 Å². The van der Waals surface area contributed by atoms with Crippen molar-refractivity contribution < 1.29 is 8.42 Å². The molecule has 0 amide bonds. The van der Waals surface area contributed by atoms with Crippen molar-refractivity contribution >= 4 is 31.8 Å². The Morgan fingerprint density at radius 1 is 1.33 bits per heavy atom. The van der Waals surface area contributed by atoms with Gasteiger partial charge < -0.3 is 5.32 Å². The van der Waals surface area contributed by atoms with Gasteiger partial charge in [-0.05, 0) is 31.0 Å². The molecule has 0 aliphatic rings. The van der Waals surface area contributed by atoms with Gasteiger partial charge in [0, 0.05) is 11.8 Å². The van der Waals surface area contributed by atoms with Crippen LogP contribution in [0.2, 0.25) is 0 Å². The molecule has 2 aromatic heterocycles. The molecule has 0 fully saturated rings. The Morgan fingerprint density at radius 3 is 2.81 bits per heavy atom. The SMILES string of the molecule is C=CCS(=O)(=O)c1ccc(C)c(NCc2cc(=O)n3nc(CC)sc3n2)c1. The predicted molar refractivity (Wildman–Crippen MR) is 107 cm³/mol. The van der Waals surface area contributed by atoms with Crippen LogP contribution in [0.15, 0.2) is 46.6 Å². The molecule has 0 aliphatic carbocycles. The van der Waals surface area contributed by atoms with Crippen molar-refractivity contribution in [3.63, 3.8) is 0 Å². The van der Waals surface area contributed by atoms with E-state index in [0.29, 0.717) is 22.9 Å². The summed E-state index contributed by atoms with van der Waals surface area (Å²) < 4.78 is 25.8. The van der Waals surface area contributed by atoms with Crippen molar-refractivity contribution in [2.45, 2.75) is 31.7 Å². The molecule has 9 heteroatoms. The van der Waals surface area contributed by atoms with Crippen LogP contribution in [-0.4, -0.2) is 28.8 Å². The van der Waals surface area contributed by atoms with E-state index in [9.17, 15) is 13.2 Å². The molecular formula is C18H20N4O3S2. The third-order valence-electron chi connectivity index (χ3n) is 4.01. The smallest absolute Gasteiger partial charge is 0.275 e. The summed E-state index contributed by atoms with van der Waals surface area (Å²) in [6.07, 6.45) is 2.11. The Hall–Kier alpha value is -2.52. The van der Waals surface area contributed by atoms with Crippen LogP contribution < -0.4 is 10.9 Å². The first-order valence-corrected chi connectivity index (χ1v) is 10.9. The van der Waals surface area contributed by atoms with Gasteiger partial charge in [0.25, 0.3) is 5.56 Å². The number of anilines is 1. The molecular weight excluding hydrogens is 384 g/mol. The topological polar surface area (TPSA) is 93.4 Å². The maximum absolute atomic E-state index is 12.2. The lowest BCUT2D eigenvalue weighted by Crippen LogP contribution is -2.17. The Balaban J connectivity index is 1.87. The quantitative estimate of drug-likeness (QED) is 0.609. The molecule has 0 saturated carbocycles. The lowest BCUT2D eigenvalue weighted by atomic mass is 10.2. The molecule has 2 heterocycles. The molecule has 142 valence electrons. The molecule has 0 unspecified atom stereocenters. The van der Waals surface area contributed by atoms with Crippen molar-refractivity contribution in [1.82, 2.24) is 14.6 Å². The molecule has 3 rings (SSSR count). The van der Waals surface area contributed by atoms with E-state index in [4.69, 9.17) is 0 Å². The van der Waals surface area contributed by atoms with Crippen molar-refractivity contribution in [2.75, 3.05) is 11.1 Å².